The summed E-state index contributed by atoms with van der Waals surface area (Å²) >= 11 is 0. The van der Waals surface area contributed by atoms with E-state index in [0.717, 1.165) is 32.8 Å². The topological polar surface area (TPSA) is 53.2 Å². The summed E-state index contributed by atoms with van der Waals surface area (Å²) in [4.78, 5) is 2.36. The van der Waals surface area contributed by atoms with E-state index in [4.69, 9.17) is 4.74 Å². The van der Waals surface area contributed by atoms with E-state index < -0.39 is 0 Å². The molecule has 2 rings (SSSR count). The van der Waals surface area contributed by atoms with Crippen molar-refractivity contribution in [2.24, 2.45) is 11.3 Å². The van der Waals surface area contributed by atoms with E-state index in [1.807, 2.05) is 7.05 Å². The zero-order valence-electron chi connectivity index (χ0n) is 16.2. The molecule has 0 radical (unpaired) electrons. The van der Waals surface area contributed by atoms with Gasteiger partial charge < -0.3 is 15.0 Å². The molecule has 0 aliphatic heterocycles. The maximum atomic E-state index is 5.77. The van der Waals surface area contributed by atoms with Crippen LogP contribution < -0.4 is 5.32 Å². The molecule has 1 aliphatic carbocycles. The Bertz CT molecular complexity index is 485. The van der Waals surface area contributed by atoms with Crippen LogP contribution in [0.1, 0.15) is 57.2 Å². The Morgan fingerprint density at radius 1 is 1.46 bits per heavy atom. The number of nitrogens with one attached hydrogen (secondary N) is 2. The van der Waals surface area contributed by atoms with E-state index in [1.165, 1.54) is 30.5 Å². The standard InChI is InChI=1S/C19H36N4O/c1-6-24-14-17-11-15(7-8-19(17,2)3)18-16(12-21-22-18)13-23(5)10-9-20-4/h12,15,17,20H,6-11,13-14H2,1-5H3,(H,21,22). The minimum Gasteiger partial charge on any atom is -0.381 e. The second kappa shape index (κ2) is 8.97. The SMILES string of the molecule is CCOCC1CC(c2n[nH]cc2CN(C)CCNC)CCC1(C)C. The Hall–Kier alpha value is -0.910. The number of ether oxygens (including phenoxy) is 1. The van der Waals surface area contributed by atoms with E-state index in [-0.39, 0.29) is 0 Å². The third-order valence-corrected chi connectivity index (χ3v) is 5.66. The summed E-state index contributed by atoms with van der Waals surface area (Å²) in [5.74, 6) is 1.17. The molecule has 5 nitrogen and oxygen atoms in total. The van der Waals surface area contributed by atoms with Crippen molar-refractivity contribution in [3.8, 4) is 0 Å². The van der Waals surface area contributed by atoms with Crippen molar-refractivity contribution in [1.82, 2.24) is 20.4 Å². The Morgan fingerprint density at radius 3 is 2.96 bits per heavy atom. The van der Waals surface area contributed by atoms with Gasteiger partial charge in [0.15, 0.2) is 0 Å². The van der Waals surface area contributed by atoms with E-state index in [9.17, 15) is 0 Å². The Morgan fingerprint density at radius 2 is 2.25 bits per heavy atom. The predicted octanol–water partition coefficient (Wildman–Crippen LogP) is 3.01. The molecular formula is C19H36N4O. The monoisotopic (exact) mass is 336 g/mol. The molecule has 1 aliphatic rings. The number of hydrogen-bond acceptors (Lipinski definition) is 4. The van der Waals surface area contributed by atoms with Gasteiger partial charge in [0.25, 0.3) is 0 Å². The maximum absolute atomic E-state index is 5.77. The fourth-order valence-corrected chi connectivity index (χ4v) is 3.81. The molecule has 0 amide bonds. The summed E-state index contributed by atoms with van der Waals surface area (Å²) < 4.78 is 5.77. The maximum Gasteiger partial charge on any atom is 0.0698 e. The molecule has 1 aromatic rings. The lowest BCUT2D eigenvalue weighted by Gasteiger charge is -2.42. The summed E-state index contributed by atoms with van der Waals surface area (Å²) in [6.07, 6.45) is 5.75. The van der Waals surface area contributed by atoms with Crippen LogP contribution in [-0.2, 0) is 11.3 Å². The van der Waals surface area contributed by atoms with Crippen LogP contribution in [0.2, 0.25) is 0 Å². The van der Waals surface area contributed by atoms with Gasteiger partial charge in [-0.25, -0.2) is 0 Å². The summed E-state index contributed by atoms with van der Waals surface area (Å²) in [5, 5.41) is 11.0. The number of likely N-dealkylation sites (N-methyl/N-ethyl adjacent to an activating group) is 2. The van der Waals surface area contributed by atoms with Crippen molar-refractivity contribution in [2.45, 2.75) is 52.5 Å². The molecule has 24 heavy (non-hydrogen) atoms. The van der Waals surface area contributed by atoms with Gasteiger partial charge in [-0.3, -0.25) is 5.10 Å². The number of aromatic nitrogens is 2. The van der Waals surface area contributed by atoms with Gasteiger partial charge in [0.1, 0.15) is 0 Å². The molecule has 2 unspecified atom stereocenters. The van der Waals surface area contributed by atoms with Crippen molar-refractivity contribution in [3.05, 3.63) is 17.5 Å². The first-order valence-corrected chi connectivity index (χ1v) is 9.41. The van der Waals surface area contributed by atoms with Crippen molar-refractivity contribution >= 4 is 0 Å². The van der Waals surface area contributed by atoms with Crippen LogP contribution in [0.3, 0.4) is 0 Å². The quantitative estimate of drug-likeness (QED) is 0.728. The first-order chi connectivity index (χ1) is 11.5. The zero-order valence-corrected chi connectivity index (χ0v) is 16.2. The van der Waals surface area contributed by atoms with Crippen LogP contribution in [0.4, 0.5) is 0 Å². The zero-order chi connectivity index (χ0) is 17.6. The Balaban J connectivity index is 2.02. The smallest absolute Gasteiger partial charge is 0.0698 e. The Kier molecular flexibility index (Phi) is 7.26. The van der Waals surface area contributed by atoms with Crippen LogP contribution >= 0.6 is 0 Å². The van der Waals surface area contributed by atoms with Crippen LogP contribution in [0, 0.1) is 11.3 Å². The van der Waals surface area contributed by atoms with E-state index in [1.54, 1.807) is 0 Å². The lowest BCUT2D eigenvalue weighted by Crippen LogP contribution is -2.35. The summed E-state index contributed by atoms with van der Waals surface area (Å²) in [7, 11) is 4.18. The third-order valence-electron chi connectivity index (χ3n) is 5.66. The molecule has 2 atom stereocenters. The summed E-state index contributed by atoms with van der Waals surface area (Å²) in [5.41, 5.74) is 3.00. The van der Waals surface area contributed by atoms with Crippen molar-refractivity contribution in [2.75, 3.05) is 40.4 Å². The fourth-order valence-electron chi connectivity index (χ4n) is 3.81. The molecule has 1 aromatic heterocycles. The highest BCUT2D eigenvalue weighted by molar-refractivity contribution is 5.21. The van der Waals surface area contributed by atoms with Crippen LogP contribution in [-0.4, -0.2) is 55.5 Å². The second-order valence-electron chi connectivity index (χ2n) is 7.95. The lowest BCUT2D eigenvalue weighted by molar-refractivity contribution is 0.0223. The van der Waals surface area contributed by atoms with Gasteiger partial charge in [-0.15, -0.1) is 0 Å². The molecule has 1 fully saturated rings. The van der Waals surface area contributed by atoms with Gasteiger partial charge in [-0.1, -0.05) is 13.8 Å². The first-order valence-electron chi connectivity index (χ1n) is 9.41. The Labute approximate surface area is 147 Å². The molecule has 1 heterocycles. The average Bonchev–Trinajstić information content (AvgIpc) is 2.99. The number of rotatable bonds is 9. The molecule has 1 saturated carbocycles. The predicted molar refractivity (Wildman–Crippen MR) is 99.2 cm³/mol. The highest BCUT2D eigenvalue weighted by atomic mass is 16.5. The molecule has 2 N–H and O–H groups in total. The van der Waals surface area contributed by atoms with Crippen molar-refractivity contribution in [3.63, 3.8) is 0 Å². The van der Waals surface area contributed by atoms with Crippen LogP contribution in [0.15, 0.2) is 6.20 Å². The van der Waals surface area contributed by atoms with Gasteiger partial charge in [-0.05, 0) is 51.6 Å². The highest BCUT2D eigenvalue weighted by Crippen LogP contribution is 2.46. The highest BCUT2D eigenvalue weighted by Gasteiger charge is 2.38. The van der Waals surface area contributed by atoms with Crippen LogP contribution in [0.25, 0.3) is 0 Å². The van der Waals surface area contributed by atoms with E-state index in [2.05, 4.69) is 54.4 Å². The normalized spacial score (nSPS) is 23.8. The third kappa shape index (κ3) is 5.04. The first kappa shape index (κ1) is 19.4. The second-order valence-corrected chi connectivity index (χ2v) is 7.95. The summed E-state index contributed by atoms with van der Waals surface area (Å²) in [6.45, 7) is 11.6. The largest absolute Gasteiger partial charge is 0.381 e. The van der Waals surface area contributed by atoms with E-state index in [0.29, 0.717) is 17.3 Å². The molecule has 0 saturated heterocycles. The lowest BCUT2D eigenvalue weighted by atomic mass is 9.65. The van der Waals surface area contributed by atoms with E-state index >= 15 is 0 Å². The minimum atomic E-state index is 0.367. The van der Waals surface area contributed by atoms with Gasteiger partial charge in [0.05, 0.1) is 5.69 Å². The number of H-pyrrole nitrogens is 1. The number of nitrogens with zero attached hydrogens (tertiary/aromatic N) is 2. The summed E-state index contributed by atoms with van der Waals surface area (Å²) in [6, 6.07) is 0. The number of hydrogen-bond donors (Lipinski definition) is 2. The number of aromatic amines is 1. The molecular weight excluding hydrogens is 300 g/mol. The molecule has 138 valence electrons. The van der Waals surface area contributed by atoms with Gasteiger partial charge in [0, 0.05) is 50.5 Å². The average molecular weight is 337 g/mol. The minimum absolute atomic E-state index is 0.367. The van der Waals surface area contributed by atoms with Crippen molar-refractivity contribution < 1.29 is 4.74 Å². The molecule has 5 heteroatoms. The van der Waals surface area contributed by atoms with Gasteiger partial charge in [0.2, 0.25) is 0 Å². The molecule has 0 aromatic carbocycles. The molecule has 0 spiro atoms. The van der Waals surface area contributed by atoms with Gasteiger partial charge >= 0.3 is 0 Å². The fraction of sp³-hybridized carbons (Fsp3) is 0.842. The van der Waals surface area contributed by atoms with Gasteiger partial charge in [-0.2, -0.15) is 5.10 Å². The van der Waals surface area contributed by atoms with Crippen molar-refractivity contribution in [1.29, 1.82) is 0 Å². The van der Waals surface area contributed by atoms with Crippen LogP contribution in [0.5, 0.6) is 0 Å². The molecule has 0 bridgehead atoms.